The van der Waals surface area contributed by atoms with Crippen molar-refractivity contribution >= 4 is 0 Å². The second-order valence-electron chi connectivity index (χ2n) is 2.62. The lowest BCUT2D eigenvalue weighted by molar-refractivity contribution is -0.167. The van der Waals surface area contributed by atoms with Crippen molar-refractivity contribution in [3.05, 3.63) is 6.92 Å². The molecule has 0 bridgehead atoms. The predicted octanol–water partition coefficient (Wildman–Crippen LogP) is 2.02. The molecule has 0 fully saturated rings. The van der Waals surface area contributed by atoms with Gasteiger partial charge in [-0.15, -0.1) is 0 Å². The van der Waals surface area contributed by atoms with Crippen LogP contribution in [0, 0.1) is 6.92 Å². The Balaban J connectivity index is 3.33. The van der Waals surface area contributed by atoms with Gasteiger partial charge >= 0.3 is 0 Å². The van der Waals surface area contributed by atoms with Gasteiger partial charge in [0.15, 0.2) is 6.29 Å². The number of hydrogen-bond acceptors (Lipinski definition) is 3. The van der Waals surface area contributed by atoms with Gasteiger partial charge in [0.25, 0.3) is 0 Å². The normalized spacial score (nSPS) is 11.1. The van der Waals surface area contributed by atoms with E-state index in [1.54, 1.807) is 0 Å². The molecule has 0 aromatic rings. The molecule has 0 aliphatic heterocycles. The molecule has 0 heterocycles. The van der Waals surface area contributed by atoms with E-state index >= 15 is 0 Å². The fourth-order valence-electron chi connectivity index (χ4n) is 0.900. The van der Waals surface area contributed by atoms with Crippen LogP contribution in [0.15, 0.2) is 0 Å². The van der Waals surface area contributed by atoms with Gasteiger partial charge in [-0.25, -0.2) is 0 Å². The van der Waals surface area contributed by atoms with Crippen molar-refractivity contribution in [2.75, 3.05) is 26.4 Å². The molecule has 0 saturated carbocycles. The second-order valence-corrected chi connectivity index (χ2v) is 2.62. The Bertz CT molecular complexity index is 90.2. The van der Waals surface area contributed by atoms with Crippen LogP contribution in [0.1, 0.15) is 26.7 Å². The van der Waals surface area contributed by atoms with E-state index < -0.39 is 0 Å². The van der Waals surface area contributed by atoms with Gasteiger partial charge in [0.1, 0.15) is 0 Å². The van der Waals surface area contributed by atoms with Crippen LogP contribution in [0.5, 0.6) is 0 Å². The third-order valence-corrected chi connectivity index (χ3v) is 1.50. The average Bonchev–Trinajstić information content (AvgIpc) is 2.13. The predicted molar refractivity (Wildman–Crippen MR) is 52.5 cm³/mol. The van der Waals surface area contributed by atoms with E-state index in [-0.39, 0.29) is 6.29 Å². The standard InChI is InChI=1S/C10H21O3/c1-4-7-8-11-9-10(12-5-2)13-6-3/h10H,1,4-9H2,2-3H3. The maximum absolute atomic E-state index is 5.35. The van der Waals surface area contributed by atoms with Gasteiger partial charge in [-0.2, -0.15) is 0 Å². The van der Waals surface area contributed by atoms with Crippen LogP contribution in [-0.4, -0.2) is 32.7 Å². The van der Waals surface area contributed by atoms with E-state index in [0.717, 1.165) is 19.4 Å². The number of hydrogen-bond donors (Lipinski definition) is 0. The van der Waals surface area contributed by atoms with Gasteiger partial charge in [0.2, 0.25) is 0 Å². The molecule has 0 N–H and O–H groups in total. The van der Waals surface area contributed by atoms with Crippen LogP contribution in [0.4, 0.5) is 0 Å². The molecule has 0 atom stereocenters. The van der Waals surface area contributed by atoms with Gasteiger partial charge < -0.3 is 14.2 Å². The molecule has 0 aliphatic carbocycles. The first kappa shape index (κ1) is 12.9. The molecule has 0 rings (SSSR count). The summed E-state index contributed by atoms with van der Waals surface area (Å²) >= 11 is 0. The minimum absolute atomic E-state index is 0.209. The van der Waals surface area contributed by atoms with Crippen LogP contribution < -0.4 is 0 Å². The monoisotopic (exact) mass is 189 g/mol. The summed E-state index contributed by atoms with van der Waals surface area (Å²) in [6.07, 6.45) is 1.69. The van der Waals surface area contributed by atoms with Crippen molar-refractivity contribution in [3.8, 4) is 0 Å². The summed E-state index contributed by atoms with van der Waals surface area (Å²) in [6, 6.07) is 0. The van der Waals surface area contributed by atoms with Crippen molar-refractivity contribution in [2.45, 2.75) is 33.0 Å². The number of rotatable bonds is 9. The summed E-state index contributed by atoms with van der Waals surface area (Å²) in [5, 5.41) is 0. The summed E-state index contributed by atoms with van der Waals surface area (Å²) in [7, 11) is 0. The van der Waals surface area contributed by atoms with Crippen LogP contribution in [0.3, 0.4) is 0 Å². The zero-order chi connectivity index (χ0) is 9.94. The topological polar surface area (TPSA) is 27.7 Å². The fourth-order valence-corrected chi connectivity index (χ4v) is 0.900. The largest absolute Gasteiger partial charge is 0.376 e. The molecule has 0 aromatic heterocycles. The van der Waals surface area contributed by atoms with Crippen molar-refractivity contribution in [3.63, 3.8) is 0 Å². The highest BCUT2D eigenvalue weighted by Gasteiger charge is 2.06. The smallest absolute Gasteiger partial charge is 0.180 e. The maximum atomic E-state index is 5.35. The van der Waals surface area contributed by atoms with Crippen LogP contribution in [0.2, 0.25) is 0 Å². The van der Waals surface area contributed by atoms with E-state index in [4.69, 9.17) is 14.2 Å². The third kappa shape index (κ3) is 8.22. The molecule has 0 saturated heterocycles. The molecule has 0 aromatic carbocycles. The highest BCUT2D eigenvalue weighted by molar-refractivity contribution is 4.43. The molecular weight excluding hydrogens is 168 g/mol. The van der Waals surface area contributed by atoms with Gasteiger partial charge in [-0.05, 0) is 20.3 Å². The Morgan fingerprint density at radius 3 is 2.23 bits per heavy atom. The van der Waals surface area contributed by atoms with E-state index in [1.165, 1.54) is 0 Å². The van der Waals surface area contributed by atoms with Gasteiger partial charge in [-0.1, -0.05) is 13.3 Å². The summed E-state index contributed by atoms with van der Waals surface area (Å²) in [4.78, 5) is 0. The Morgan fingerprint density at radius 2 is 1.77 bits per heavy atom. The lowest BCUT2D eigenvalue weighted by atomic mass is 10.4. The quantitative estimate of drug-likeness (QED) is 0.410. The van der Waals surface area contributed by atoms with E-state index in [0.29, 0.717) is 19.8 Å². The average molecular weight is 189 g/mol. The third-order valence-electron chi connectivity index (χ3n) is 1.50. The molecule has 1 radical (unpaired) electrons. The highest BCUT2D eigenvalue weighted by Crippen LogP contribution is 1.97. The van der Waals surface area contributed by atoms with Crippen molar-refractivity contribution in [2.24, 2.45) is 0 Å². The van der Waals surface area contributed by atoms with E-state index in [1.807, 2.05) is 13.8 Å². The Morgan fingerprint density at radius 1 is 1.15 bits per heavy atom. The Labute approximate surface area is 81.4 Å². The summed E-state index contributed by atoms with van der Waals surface area (Å²) in [5.74, 6) is 0. The highest BCUT2D eigenvalue weighted by atomic mass is 16.7. The molecule has 3 heteroatoms. The fraction of sp³-hybridized carbons (Fsp3) is 0.900. The molecule has 13 heavy (non-hydrogen) atoms. The van der Waals surface area contributed by atoms with Crippen LogP contribution >= 0.6 is 0 Å². The molecule has 0 aliphatic rings. The van der Waals surface area contributed by atoms with Crippen LogP contribution in [0.25, 0.3) is 0 Å². The number of ether oxygens (including phenoxy) is 3. The van der Waals surface area contributed by atoms with E-state index in [9.17, 15) is 0 Å². The molecule has 0 unspecified atom stereocenters. The Hall–Kier alpha value is -0.120. The molecule has 0 spiro atoms. The molecule has 0 amide bonds. The van der Waals surface area contributed by atoms with Crippen LogP contribution in [-0.2, 0) is 14.2 Å². The minimum Gasteiger partial charge on any atom is -0.376 e. The summed E-state index contributed by atoms with van der Waals surface area (Å²) < 4.78 is 16.0. The van der Waals surface area contributed by atoms with Gasteiger partial charge in [0, 0.05) is 19.8 Å². The number of unbranched alkanes of at least 4 members (excludes halogenated alkanes) is 1. The lowest BCUT2D eigenvalue weighted by Gasteiger charge is -2.16. The zero-order valence-corrected chi connectivity index (χ0v) is 8.75. The maximum Gasteiger partial charge on any atom is 0.180 e. The first-order valence-corrected chi connectivity index (χ1v) is 4.95. The molecule has 3 nitrogen and oxygen atoms in total. The summed E-state index contributed by atoms with van der Waals surface area (Å²) in [5.41, 5.74) is 0. The lowest BCUT2D eigenvalue weighted by Crippen LogP contribution is -2.23. The van der Waals surface area contributed by atoms with Crippen molar-refractivity contribution in [1.82, 2.24) is 0 Å². The first-order valence-electron chi connectivity index (χ1n) is 4.95. The van der Waals surface area contributed by atoms with Crippen molar-refractivity contribution < 1.29 is 14.2 Å². The van der Waals surface area contributed by atoms with Crippen molar-refractivity contribution in [1.29, 1.82) is 0 Å². The SMILES string of the molecule is [CH2]CCCOCC(OCC)OCC. The molecule has 79 valence electrons. The minimum atomic E-state index is -0.209. The molecular formula is C10H21O3. The Kier molecular flexibility index (Phi) is 9.87. The van der Waals surface area contributed by atoms with E-state index in [2.05, 4.69) is 6.92 Å². The first-order chi connectivity index (χ1) is 6.35. The van der Waals surface area contributed by atoms with Gasteiger partial charge in [0.05, 0.1) is 6.61 Å². The zero-order valence-electron chi connectivity index (χ0n) is 8.75. The summed E-state index contributed by atoms with van der Waals surface area (Å²) in [6.45, 7) is 10.2. The second kappa shape index (κ2) is 9.96. The van der Waals surface area contributed by atoms with Gasteiger partial charge in [-0.3, -0.25) is 0 Å².